The monoisotopic (exact) mass is 376 g/mol. The molecule has 3 heterocycles. The maximum absolute atomic E-state index is 12.8. The molecule has 0 spiro atoms. The Morgan fingerprint density at radius 2 is 1.75 bits per heavy atom. The number of nitrogens with zero attached hydrogens (tertiary/aromatic N) is 3. The van der Waals surface area contributed by atoms with Gasteiger partial charge in [0.25, 0.3) is 11.5 Å². The molecule has 1 aliphatic rings. The summed E-state index contributed by atoms with van der Waals surface area (Å²) in [7, 11) is 0. The van der Waals surface area contributed by atoms with Crippen LogP contribution in [-0.4, -0.2) is 44.0 Å². The van der Waals surface area contributed by atoms with Crippen molar-refractivity contribution in [3.63, 3.8) is 0 Å². The van der Waals surface area contributed by atoms with Crippen molar-refractivity contribution >= 4 is 5.91 Å². The molecule has 3 aromatic rings. The van der Waals surface area contributed by atoms with E-state index in [2.05, 4.69) is 15.0 Å². The molecule has 142 valence electrons. The fraction of sp³-hybridized carbons (Fsp3) is 0.238. The summed E-state index contributed by atoms with van der Waals surface area (Å²) in [6.07, 6.45) is 3.74. The molecule has 0 bridgehead atoms. The van der Waals surface area contributed by atoms with Crippen LogP contribution in [0.5, 0.6) is 0 Å². The molecular weight excluding hydrogens is 356 g/mol. The van der Waals surface area contributed by atoms with Crippen molar-refractivity contribution in [3.8, 4) is 11.5 Å². The van der Waals surface area contributed by atoms with Crippen LogP contribution in [0.3, 0.4) is 0 Å². The number of aromatic amines is 1. The molecular formula is C21H20N4O3. The average molecular weight is 376 g/mol. The van der Waals surface area contributed by atoms with E-state index in [1.165, 1.54) is 6.20 Å². The fourth-order valence-electron chi connectivity index (χ4n) is 3.47. The highest BCUT2D eigenvalue weighted by molar-refractivity contribution is 5.93. The molecule has 2 N–H and O–H groups in total. The second kappa shape index (κ2) is 7.36. The molecule has 1 aliphatic heterocycles. The molecule has 2 aromatic heterocycles. The van der Waals surface area contributed by atoms with Crippen LogP contribution in [0.25, 0.3) is 11.5 Å². The number of benzene rings is 1. The number of rotatable bonds is 3. The molecule has 1 amide bonds. The summed E-state index contributed by atoms with van der Waals surface area (Å²) in [6, 6.07) is 14.8. The summed E-state index contributed by atoms with van der Waals surface area (Å²) in [5.74, 6) is -0.0596. The van der Waals surface area contributed by atoms with Gasteiger partial charge in [-0.1, -0.05) is 36.4 Å². The van der Waals surface area contributed by atoms with Crippen LogP contribution in [0.1, 0.15) is 28.8 Å². The predicted octanol–water partition coefficient (Wildman–Crippen LogP) is 1.96. The fourth-order valence-corrected chi connectivity index (χ4v) is 3.47. The van der Waals surface area contributed by atoms with Gasteiger partial charge in [-0.05, 0) is 30.5 Å². The first kappa shape index (κ1) is 18.1. The lowest BCUT2D eigenvalue weighted by Crippen LogP contribution is -2.46. The Hall–Kier alpha value is -3.32. The topological polar surface area (TPSA) is 99.2 Å². The second-order valence-corrected chi connectivity index (χ2v) is 6.88. The Morgan fingerprint density at radius 3 is 2.39 bits per heavy atom. The summed E-state index contributed by atoms with van der Waals surface area (Å²) in [4.78, 5) is 37.8. The van der Waals surface area contributed by atoms with E-state index in [1.807, 2.05) is 30.3 Å². The van der Waals surface area contributed by atoms with E-state index in [0.29, 0.717) is 37.4 Å². The van der Waals surface area contributed by atoms with Crippen LogP contribution in [0.2, 0.25) is 0 Å². The van der Waals surface area contributed by atoms with Crippen molar-refractivity contribution < 1.29 is 9.90 Å². The SMILES string of the molecule is O=C(c1cnc(-c2ccccn2)[nH]c1=O)N1CCC(O)(c2ccccc2)CC1. The molecule has 0 atom stereocenters. The predicted molar refractivity (Wildman–Crippen MR) is 104 cm³/mol. The highest BCUT2D eigenvalue weighted by Gasteiger charge is 2.36. The number of carbonyl (C=O) groups excluding carboxylic acids is 1. The third-order valence-corrected chi connectivity index (χ3v) is 5.13. The van der Waals surface area contributed by atoms with Crippen molar-refractivity contribution in [3.05, 3.63) is 82.4 Å². The van der Waals surface area contributed by atoms with Gasteiger partial charge in [-0.25, -0.2) is 4.98 Å². The number of amides is 1. The van der Waals surface area contributed by atoms with Crippen LogP contribution in [0, 0.1) is 0 Å². The van der Waals surface area contributed by atoms with Crippen LogP contribution < -0.4 is 5.56 Å². The van der Waals surface area contributed by atoms with Gasteiger partial charge in [0.1, 0.15) is 11.3 Å². The zero-order chi connectivity index (χ0) is 19.6. The number of likely N-dealkylation sites (tertiary alicyclic amines) is 1. The second-order valence-electron chi connectivity index (χ2n) is 6.88. The number of pyridine rings is 1. The van der Waals surface area contributed by atoms with E-state index >= 15 is 0 Å². The largest absolute Gasteiger partial charge is 0.385 e. The number of piperidine rings is 1. The van der Waals surface area contributed by atoms with Gasteiger partial charge >= 0.3 is 0 Å². The lowest BCUT2D eigenvalue weighted by atomic mass is 9.84. The van der Waals surface area contributed by atoms with Gasteiger partial charge in [-0.2, -0.15) is 0 Å². The summed E-state index contributed by atoms with van der Waals surface area (Å²) in [5, 5.41) is 10.9. The summed E-state index contributed by atoms with van der Waals surface area (Å²) in [5.41, 5.74) is -0.0776. The highest BCUT2D eigenvalue weighted by atomic mass is 16.3. The van der Waals surface area contributed by atoms with Crippen LogP contribution in [0.15, 0.2) is 65.7 Å². The normalized spacial score (nSPS) is 16.0. The zero-order valence-electron chi connectivity index (χ0n) is 15.2. The molecule has 0 radical (unpaired) electrons. The number of hydrogen-bond donors (Lipinski definition) is 2. The summed E-state index contributed by atoms with van der Waals surface area (Å²) < 4.78 is 0. The molecule has 1 aromatic carbocycles. The minimum Gasteiger partial charge on any atom is -0.385 e. The third kappa shape index (κ3) is 3.44. The molecule has 7 heteroatoms. The van der Waals surface area contributed by atoms with Gasteiger partial charge in [0.15, 0.2) is 5.82 Å². The Balaban J connectivity index is 1.49. The van der Waals surface area contributed by atoms with E-state index in [1.54, 1.807) is 29.3 Å². The lowest BCUT2D eigenvalue weighted by Gasteiger charge is -2.38. The molecule has 28 heavy (non-hydrogen) atoms. The third-order valence-electron chi connectivity index (χ3n) is 5.13. The van der Waals surface area contributed by atoms with Gasteiger partial charge in [-0.3, -0.25) is 14.6 Å². The van der Waals surface area contributed by atoms with Crippen molar-refractivity contribution in [1.82, 2.24) is 19.9 Å². The zero-order valence-corrected chi connectivity index (χ0v) is 15.2. The molecule has 0 aliphatic carbocycles. The van der Waals surface area contributed by atoms with Gasteiger partial charge in [0.2, 0.25) is 0 Å². The summed E-state index contributed by atoms with van der Waals surface area (Å²) >= 11 is 0. The smallest absolute Gasteiger partial charge is 0.264 e. The van der Waals surface area contributed by atoms with Gasteiger partial charge in [0, 0.05) is 25.5 Å². The van der Waals surface area contributed by atoms with E-state index < -0.39 is 11.2 Å². The van der Waals surface area contributed by atoms with Crippen molar-refractivity contribution in [2.24, 2.45) is 0 Å². The lowest BCUT2D eigenvalue weighted by molar-refractivity contribution is -0.0211. The van der Waals surface area contributed by atoms with Crippen LogP contribution >= 0.6 is 0 Å². The number of aliphatic hydroxyl groups is 1. The Bertz CT molecular complexity index is 1030. The maximum atomic E-state index is 12.8. The molecule has 4 rings (SSSR count). The number of aromatic nitrogens is 3. The van der Waals surface area contributed by atoms with Gasteiger partial charge in [-0.15, -0.1) is 0 Å². The molecule has 1 saturated heterocycles. The van der Waals surface area contributed by atoms with Gasteiger partial charge < -0.3 is 15.0 Å². The molecule has 0 saturated carbocycles. The minimum absolute atomic E-state index is 0.00941. The molecule has 7 nitrogen and oxygen atoms in total. The Kier molecular flexibility index (Phi) is 4.75. The Morgan fingerprint density at radius 1 is 1.04 bits per heavy atom. The molecule has 0 unspecified atom stereocenters. The molecule has 1 fully saturated rings. The average Bonchev–Trinajstić information content (AvgIpc) is 2.75. The number of carbonyl (C=O) groups is 1. The first-order valence-electron chi connectivity index (χ1n) is 9.15. The first-order chi connectivity index (χ1) is 13.6. The van der Waals surface area contributed by atoms with Gasteiger partial charge in [0.05, 0.1) is 5.60 Å². The summed E-state index contributed by atoms with van der Waals surface area (Å²) in [6.45, 7) is 0.733. The van der Waals surface area contributed by atoms with Crippen LogP contribution in [0.4, 0.5) is 0 Å². The van der Waals surface area contributed by atoms with Crippen molar-refractivity contribution in [2.75, 3.05) is 13.1 Å². The maximum Gasteiger partial charge on any atom is 0.264 e. The van der Waals surface area contributed by atoms with E-state index in [-0.39, 0.29) is 11.5 Å². The minimum atomic E-state index is -0.953. The number of hydrogen-bond acceptors (Lipinski definition) is 5. The number of nitrogens with one attached hydrogen (secondary N) is 1. The van der Waals surface area contributed by atoms with E-state index in [4.69, 9.17) is 0 Å². The Labute approximate surface area is 161 Å². The van der Waals surface area contributed by atoms with Crippen molar-refractivity contribution in [1.29, 1.82) is 0 Å². The van der Waals surface area contributed by atoms with E-state index in [9.17, 15) is 14.7 Å². The highest BCUT2D eigenvalue weighted by Crippen LogP contribution is 2.32. The quantitative estimate of drug-likeness (QED) is 0.728. The first-order valence-corrected chi connectivity index (χ1v) is 9.15. The van der Waals surface area contributed by atoms with Crippen LogP contribution in [-0.2, 0) is 5.60 Å². The number of H-pyrrole nitrogens is 1. The van der Waals surface area contributed by atoms with Crippen molar-refractivity contribution in [2.45, 2.75) is 18.4 Å². The standard InChI is InChI=1S/C21H20N4O3/c26-19-16(14-23-18(24-19)17-8-4-5-11-22-17)20(27)25-12-9-21(28,10-13-25)15-6-2-1-3-7-15/h1-8,11,14,28H,9-10,12-13H2,(H,23,24,26). The van der Waals surface area contributed by atoms with E-state index in [0.717, 1.165) is 5.56 Å².